The zero-order chi connectivity index (χ0) is 9.26. The molecule has 0 radical (unpaired) electrons. The Kier molecular flexibility index (Phi) is 2.42. The Morgan fingerprint density at radius 2 is 2.54 bits per heavy atom. The SMILES string of the molecule is Cc1nc(CN2CCC(=O)C2)cs1. The van der Waals surface area contributed by atoms with Gasteiger partial charge in [-0.25, -0.2) is 4.98 Å². The van der Waals surface area contributed by atoms with E-state index >= 15 is 0 Å². The number of nitrogens with zero attached hydrogens (tertiary/aromatic N) is 2. The maximum Gasteiger partial charge on any atom is 0.148 e. The number of thiazole rings is 1. The number of carbonyl (C=O) groups excluding carboxylic acids is 1. The minimum absolute atomic E-state index is 0.354. The van der Waals surface area contributed by atoms with Gasteiger partial charge in [-0.15, -0.1) is 11.3 Å². The van der Waals surface area contributed by atoms with E-state index in [0.29, 0.717) is 18.7 Å². The van der Waals surface area contributed by atoms with Gasteiger partial charge in [0.2, 0.25) is 0 Å². The normalized spacial score (nSPS) is 18.4. The number of likely N-dealkylation sites (tertiary alicyclic amines) is 1. The monoisotopic (exact) mass is 196 g/mol. The van der Waals surface area contributed by atoms with Crippen LogP contribution in [0.1, 0.15) is 17.1 Å². The van der Waals surface area contributed by atoms with Gasteiger partial charge in [0.1, 0.15) is 5.78 Å². The average Bonchev–Trinajstić information content (AvgIpc) is 2.62. The first-order valence-electron chi connectivity index (χ1n) is 4.39. The molecule has 13 heavy (non-hydrogen) atoms. The lowest BCUT2D eigenvalue weighted by Crippen LogP contribution is -2.20. The number of rotatable bonds is 2. The molecule has 1 saturated heterocycles. The zero-order valence-corrected chi connectivity index (χ0v) is 8.43. The van der Waals surface area contributed by atoms with Crippen LogP contribution in [0.3, 0.4) is 0 Å². The van der Waals surface area contributed by atoms with Crippen molar-refractivity contribution in [2.75, 3.05) is 13.1 Å². The van der Waals surface area contributed by atoms with Gasteiger partial charge in [-0.3, -0.25) is 9.69 Å². The Labute approximate surface area is 81.4 Å². The summed E-state index contributed by atoms with van der Waals surface area (Å²) in [5.41, 5.74) is 1.09. The van der Waals surface area contributed by atoms with Crippen LogP contribution in [-0.4, -0.2) is 28.8 Å². The number of hydrogen-bond donors (Lipinski definition) is 0. The van der Waals surface area contributed by atoms with Crippen molar-refractivity contribution < 1.29 is 4.79 Å². The van der Waals surface area contributed by atoms with Crippen LogP contribution in [0.5, 0.6) is 0 Å². The van der Waals surface area contributed by atoms with Crippen LogP contribution in [0, 0.1) is 6.92 Å². The van der Waals surface area contributed by atoms with E-state index in [2.05, 4.69) is 15.3 Å². The lowest BCUT2D eigenvalue weighted by Gasteiger charge is -2.10. The Balaban J connectivity index is 1.95. The third-order valence-corrected chi connectivity index (χ3v) is 2.98. The number of hydrogen-bond acceptors (Lipinski definition) is 4. The van der Waals surface area contributed by atoms with E-state index in [0.717, 1.165) is 23.8 Å². The second kappa shape index (κ2) is 3.55. The van der Waals surface area contributed by atoms with Gasteiger partial charge in [-0.05, 0) is 6.92 Å². The summed E-state index contributed by atoms with van der Waals surface area (Å²) >= 11 is 1.67. The minimum Gasteiger partial charge on any atom is -0.298 e. The molecule has 0 amide bonds. The molecule has 0 N–H and O–H groups in total. The first-order valence-corrected chi connectivity index (χ1v) is 5.27. The molecule has 0 aromatic carbocycles. The summed E-state index contributed by atoms with van der Waals surface area (Å²) in [6, 6.07) is 0. The molecule has 1 fully saturated rings. The Hall–Kier alpha value is -0.740. The van der Waals surface area contributed by atoms with Crippen LogP contribution in [0.15, 0.2) is 5.38 Å². The zero-order valence-electron chi connectivity index (χ0n) is 7.62. The molecule has 70 valence electrons. The number of aromatic nitrogens is 1. The first kappa shape index (κ1) is 8.84. The molecule has 0 atom stereocenters. The second-order valence-corrected chi connectivity index (χ2v) is 4.42. The third kappa shape index (κ3) is 2.14. The van der Waals surface area contributed by atoms with Crippen molar-refractivity contribution in [1.82, 2.24) is 9.88 Å². The molecular formula is C9H12N2OS. The smallest absolute Gasteiger partial charge is 0.148 e. The summed E-state index contributed by atoms with van der Waals surface area (Å²) in [5.74, 6) is 0.354. The van der Waals surface area contributed by atoms with E-state index in [4.69, 9.17) is 0 Å². The van der Waals surface area contributed by atoms with Gasteiger partial charge in [-0.1, -0.05) is 0 Å². The highest BCUT2D eigenvalue weighted by molar-refractivity contribution is 7.09. The number of Topliss-reactive ketones (excluding diaryl/α,β-unsaturated/α-hetero) is 1. The number of ketones is 1. The Morgan fingerprint density at radius 1 is 1.69 bits per heavy atom. The van der Waals surface area contributed by atoms with Crippen molar-refractivity contribution in [3.05, 3.63) is 16.1 Å². The van der Waals surface area contributed by atoms with Crippen LogP contribution in [0.4, 0.5) is 0 Å². The quantitative estimate of drug-likeness (QED) is 0.713. The van der Waals surface area contributed by atoms with Crippen molar-refractivity contribution in [2.45, 2.75) is 19.9 Å². The van der Waals surface area contributed by atoms with Crippen molar-refractivity contribution in [3.8, 4) is 0 Å². The van der Waals surface area contributed by atoms with Gasteiger partial charge in [0.05, 0.1) is 17.2 Å². The number of aryl methyl sites for hydroxylation is 1. The Morgan fingerprint density at radius 3 is 3.08 bits per heavy atom. The van der Waals surface area contributed by atoms with E-state index in [1.807, 2.05) is 6.92 Å². The molecule has 2 rings (SSSR count). The molecule has 2 heterocycles. The van der Waals surface area contributed by atoms with Crippen LogP contribution < -0.4 is 0 Å². The predicted molar refractivity (Wildman–Crippen MR) is 51.8 cm³/mol. The number of carbonyl (C=O) groups is 1. The van der Waals surface area contributed by atoms with Crippen LogP contribution >= 0.6 is 11.3 Å². The fourth-order valence-electron chi connectivity index (χ4n) is 1.54. The highest BCUT2D eigenvalue weighted by Crippen LogP contribution is 2.13. The highest BCUT2D eigenvalue weighted by Gasteiger charge is 2.19. The molecule has 1 aliphatic rings. The first-order chi connectivity index (χ1) is 6.24. The van der Waals surface area contributed by atoms with Crippen LogP contribution in [0.25, 0.3) is 0 Å². The highest BCUT2D eigenvalue weighted by atomic mass is 32.1. The van der Waals surface area contributed by atoms with Gasteiger partial charge < -0.3 is 0 Å². The van der Waals surface area contributed by atoms with Crippen molar-refractivity contribution in [1.29, 1.82) is 0 Å². The van der Waals surface area contributed by atoms with Crippen molar-refractivity contribution >= 4 is 17.1 Å². The molecule has 0 saturated carbocycles. The van der Waals surface area contributed by atoms with E-state index in [1.165, 1.54) is 0 Å². The topological polar surface area (TPSA) is 33.2 Å². The molecule has 1 aromatic rings. The second-order valence-electron chi connectivity index (χ2n) is 3.36. The van der Waals surface area contributed by atoms with E-state index in [-0.39, 0.29) is 0 Å². The predicted octanol–water partition coefficient (Wildman–Crippen LogP) is 1.23. The fraction of sp³-hybridized carbons (Fsp3) is 0.556. The van der Waals surface area contributed by atoms with Gasteiger partial charge >= 0.3 is 0 Å². The molecule has 1 aliphatic heterocycles. The van der Waals surface area contributed by atoms with Crippen molar-refractivity contribution in [2.24, 2.45) is 0 Å². The molecule has 4 heteroatoms. The molecule has 3 nitrogen and oxygen atoms in total. The van der Waals surface area contributed by atoms with E-state index in [1.54, 1.807) is 11.3 Å². The van der Waals surface area contributed by atoms with E-state index in [9.17, 15) is 4.79 Å². The lowest BCUT2D eigenvalue weighted by molar-refractivity contribution is -0.116. The lowest BCUT2D eigenvalue weighted by atomic mass is 10.4. The third-order valence-electron chi connectivity index (χ3n) is 2.16. The summed E-state index contributed by atoms with van der Waals surface area (Å²) < 4.78 is 0. The Bertz CT molecular complexity index is 321. The van der Waals surface area contributed by atoms with Gasteiger partial charge in [0.15, 0.2) is 0 Å². The summed E-state index contributed by atoms with van der Waals surface area (Å²) in [7, 11) is 0. The van der Waals surface area contributed by atoms with Crippen LogP contribution in [0.2, 0.25) is 0 Å². The minimum atomic E-state index is 0.354. The largest absolute Gasteiger partial charge is 0.298 e. The maximum absolute atomic E-state index is 11.0. The molecule has 0 bridgehead atoms. The van der Waals surface area contributed by atoms with Crippen molar-refractivity contribution in [3.63, 3.8) is 0 Å². The summed E-state index contributed by atoms with van der Waals surface area (Å²) in [6.45, 7) is 4.34. The van der Waals surface area contributed by atoms with Gasteiger partial charge in [-0.2, -0.15) is 0 Å². The molecule has 0 spiro atoms. The molecular weight excluding hydrogens is 184 g/mol. The summed E-state index contributed by atoms with van der Waals surface area (Å²) in [5, 5.41) is 3.17. The van der Waals surface area contributed by atoms with Gasteiger partial charge in [0.25, 0.3) is 0 Å². The molecule has 0 unspecified atom stereocenters. The summed E-state index contributed by atoms with van der Waals surface area (Å²) in [4.78, 5) is 17.5. The molecule has 1 aromatic heterocycles. The summed E-state index contributed by atoms with van der Waals surface area (Å²) in [6.07, 6.45) is 0.711. The van der Waals surface area contributed by atoms with E-state index < -0.39 is 0 Å². The fourth-order valence-corrected chi connectivity index (χ4v) is 2.14. The van der Waals surface area contributed by atoms with Gasteiger partial charge in [0, 0.05) is 24.9 Å². The standard InChI is InChI=1S/C9H12N2OS/c1-7-10-8(6-13-7)4-11-3-2-9(12)5-11/h6H,2-5H2,1H3. The average molecular weight is 196 g/mol. The van der Waals surface area contributed by atoms with Crippen LogP contribution in [-0.2, 0) is 11.3 Å². The molecule has 0 aliphatic carbocycles. The maximum atomic E-state index is 11.0.